The van der Waals surface area contributed by atoms with E-state index in [1.165, 1.54) is 24.4 Å². The molecule has 12 heteroatoms. The third-order valence-corrected chi connectivity index (χ3v) is 7.49. The monoisotopic (exact) mass is 517 g/mol. The molecule has 0 saturated heterocycles. The van der Waals surface area contributed by atoms with Crippen LogP contribution in [0.1, 0.15) is 49.5 Å². The fraction of sp³-hybridized carbons (Fsp3) is 0.348. The molecule has 0 unspecified atom stereocenters. The fourth-order valence-electron chi connectivity index (χ4n) is 3.28. The third-order valence-electron chi connectivity index (χ3n) is 5.30. The lowest BCUT2D eigenvalue weighted by Gasteiger charge is -2.10. The Balaban J connectivity index is 1.67. The van der Waals surface area contributed by atoms with Crippen LogP contribution < -0.4 is 15.8 Å². The summed E-state index contributed by atoms with van der Waals surface area (Å²) in [6.07, 6.45) is 0. The van der Waals surface area contributed by atoms with Crippen molar-refractivity contribution >= 4 is 45.9 Å². The van der Waals surface area contributed by atoms with Crippen LogP contribution in [0.2, 0.25) is 0 Å². The lowest BCUT2D eigenvalue weighted by atomic mass is 10.1. The second-order valence-corrected chi connectivity index (χ2v) is 9.59. The van der Waals surface area contributed by atoms with E-state index in [1.54, 1.807) is 6.92 Å². The van der Waals surface area contributed by atoms with Gasteiger partial charge in [0, 0.05) is 6.54 Å². The van der Waals surface area contributed by atoms with Gasteiger partial charge in [0.2, 0.25) is 5.91 Å². The van der Waals surface area contributed by atoms with E-state index in [0.717, 1.165) is 22.6 Å². The molecule has 35 heavy (non-hydrogen) atoms. The molecular formula is C23H27N5O5S2. The highest BCUT2D eigenvalue weighted by molar-refractivity contribution is 7.99. The largest absolute Gasteiger partial charge is 0.486 e. The predicted octanol–water partition coefficient (Wildman–Crippen LogP) is 3.48. The maximum Gasteiger partial charge on any atom is 0.341 e. The van der Waals surface area contributed by atoms with Gasteiger partial charge in [0.1, 0.15) is 17.4 Å². The molecule has 2 amide bonds. The number of carbonyl (C=O) groups is 3. The molecular weight excluding hydrogens is 490 g/mol. The number of primary amides is 1. The van der Waals surface area contributed by atoms with Crippen molar-refractivity contribution in [2.24, 2.45) is 5.73 Å². The maximum absolute atomic E-state index is 12.6. The van der Waals surface area contributed by atoms with Crippen molar-refractivity contribution in [3.63, 3.8) is 0 Å². The molecule has 3 aromatic rings. The lowest BCUT2D eigenvalue weighted by molar-refractivity contribution is -0.113. The second kappa shape index (κ2) is 11.4. The van der Waals surface area contributed by atoms with Crippen LogP contribution in [-0.2, 0) is 22.7 Å². The minimum absolute atomic E-state index is 0.0135. The molecule has 0 radical (unpaired) electrons. The average molecular weight is 518 g/mol. The molecule has 1 aromatic carbocycles. The number of ether oxygens (including phenoxy) is 2. The van der Waals surface area contributed by atoms with Crippen LogP contribution in [-0.4, -0.2) is 45.4 Å². The summed E-state index contributed by atoms with van der Waals surface area (Å²) >= 11 is 2.14. The van der Waals surface area contributed by atoms with E-state index in [9.17, 15) is 14.4 Å². The van der Waals surface area contributed by atoms with E-state index in [-0.39, 0.29) is 33.7 Å². The first kappa shape index (κ1) is 26.2. The Labute approximate surface area is 211 Å². The Bertz CT molecular complexity index is 1270. The Kier molecular flexibility index (Phi) is 8.52. The number of nitrogens with two attached hydrogens (primary N) is 1. The molecule has 3 N–H and O–H groups in total. The molecule has 0 spiro atoms. The summed E-state index contributed by atoms with van der Waals surface area (Å²) < 4.78 is 12.5. The molecule has 0 aliphatic heterocycles. The van der Waals surface area contributed by atoms with Gasteiger partial charge in [-0.3, -0.25) is 9.59 Å². The Morgan fingerprint density at radius 3 is 2.54 bits per heavy atom. The molecule has 2 aromatic heterocycles. The summed E-state index contributed by atoms with van der Waals surface area (Å²) in [7, 11) is 1.23. The highest BCUT2D eigenvalue weighted by Crippen LogP contribution is 2.33. The molecule has 0 saturated carbocycles. The second-order valence-electron chi connectivity index (χ2n) is 7.63. The molecule has 2 heterocycles. The molecule has 0 bridgehead atoms. The smallest absolute Gasteiger partial charge is 0.341 e. The number of nitrogens with zero attached hydrogens (tertiary/aromatic N) is 3. The number of hydrogen-bond donors (Lipinski definition) is 2. The predicted molar refractivity (Wildman–Crippen MR) is 134 cm³/mol. The van der Waals surface area contributed by atoms with Crippen LogP contribution in [0.15, 0.2) is 23.4 Å². The van der Waals surface area contributed by atoms with E-state index in [1.807, 2.05) is 43.5 Å². The highest BCUT2D eigenvalue weighted by Gasteiger charge is 2.25. The number of thiophene rings is 1. The lowest BCUT2D eigenvalue weighted by Crippen LogP contribution is -2.16. The summed E-state index contributed by atoms with van der Waals surface area (Å²) in [5.41, 5.74) is 8.21. The van der Waals surface area contributed by atoms with Crippen LogP contribution in [0.25, 0.3) is 0 Å². The van der Waals surface area contributed by atoms with Gasteiger partial charge in [0.15, 0.2) is 11.0 Å². The topological polar surface area (TPSA) is 138 Å². The minimum atomic E-state index is -0.681. The van der Waals surface area contributed by atoms with Crippen molar-refractivity contribution in [1.82, 2.24) is 14.8 Å². The van der Waals surface area contributed by atoms with Gasteiger partial charge in [-0.15, -0.1) is 21.5 Å². The van der Waals surface area contributed by atoms with Gasteiger partial charge in [0.25, 0.3) is 5.91 Å². The minimum Gasteiger partial charge on any atom is -0.486 e. The zero-order valence-electron chi connectivity index (χ0n) is 20.1. The molecule has 186 valence electrons. The number of thioether (sulfide) groups is 1. The van der Waals surface area contributed by atoms with Crippen LogP contribution in [0.5, 0.6) is 5.75 Å². The molecule has 0 atom stereocenters. The Morgan fingerprint density at radius 2 is 1.91 bits per heavy atom. The number of benzene rings is 1. The average Bonchev–Trinajstić information content (AvgIpc) is 3.37. The number of nitrogens with one attached hydrogen (secondary N) is 1. The van der Waals surface area contributed by atoms with E-state index >= 15 is 0 Å². The number of hydrogen-bond acceptors (Lipinski definition) is 9. The van der Waals surface area contributed by atoms with E-state index in [0.29, 0.717) is 23.1 Å². The van der Waals surface area contributed by atoms with Crippen LogP contribution >= 0.6 is 23.1 Å². The van der Waals surface area contributed by atoms with Crippen molar-refractivity contribution in [3.05, 3.63) is 51.2 Å². The number of methoxy groups -OCH3 is 1. The van der Waals surface area contributed by atoms with Crippen molar-refractivity contribution < 1.29 is 23.9 Å². The summed E-state index contributed by atoms with van der Waals surface area (Å²) in [5.74, 6) is -0.319. The summed E-state index contributed by atoms with van der Waals surface area (Å²) in [5, 5.41) is 11.9. The van der Waals surface area contributed by atoms with E-state index in [2.05, 4.69) is 15.5 Å². The van der Waals surface area contributed by atoms with E-state index in [4.69, 9.17) is 15.2 Å². The molecule has 10 nitrogen and oxygen atoms in total. The standard InChI is InChI=1S/C23H27N5O5S2/c1-6-28-16(10-33-15-8-7-12(2)13(3)9-15)26-27-23(28)34-11-17(29)25-21-18(22(31)32-5)14(4)19(35-21)20(24)30/h7-9H,6,10-11H2,1-5H3,(H2,24,30)(H,25,29). The molecule has 0 aliphatic rings. The van der Waals surface area contributed by atoms with Crippen molar-refractivity contribution in [3.8, 4) is 5.75 Å². The van der Waals surface area contributed by atoms with Gasteiger partial charge in [-0.2, -0.15) is 0 Å². The summed E-state index contributed by atoms with van der Waals surface area (Å²) in [6.45, 7) is 8.44. The number of anilines is 1. The molecule has 3 rings (SSSR count). The maximum atomic E-state index is 12.6. The number of aromatic nitrogens is 3. The van der Waals surface area contributed by atoms with Crippen molar-refractivity contribution in [1.29, 1.82) is 0 Å². The number of esters is 1. The van der Waals surface area contributed by atoms with Gasteiger partial charge in [0.05, 0.1) is 23.3 Å². The van der Waals surface area contributed by atoms with Gasteiger partial charge in [-0.1, -0.05) is 17.8 Å². The number of rotatable bonds is 10. The quantitative estimate of drug-likeness (QED) is 0.308. The number of carbonyl (C=O) groups excluding carboxylic acids is 3. The molecule has 0 fully saturated rings. The Morgan fingerprint density at radius 1 is 1.17 bits per heavy atom. The number of aryl methyl sites for hydroxylation is 2. The third kappa shape index (κ3) is 6.01. The fourth-order valence-corrected chi connectivity index (χ4v) is 5.16. The first-order valence-electron chi connectivity index (χ1n) is 10.7. The normalized spacial score (nSPS) is 10.8. The SMILES string of the molecule is CCn1c(COc2ccc(C)c(C)c2)nnc1SCC(=O)Nc1sc(C(N)=O)c(C)c1C(=O)OC. The van der Waals surface area contributed by atoms with Gasteiger partial charge in [-0.25, -0.2) is 4.79 Å². The molecule has 0 aliphatic carbocycles. The van der Waals surface area contributed by atoms with E-state index < -0.39 is 11.9 Å². The van der Waals surface area contributed by atoms with Gasteiger partial charge < -0.3 is 25.1 Å². The summed E-state index contributed by atoms with van der Waals surface area (Å²) in [4.78, 5) is 36.7. The zero-order valence-corrected chi connectivity index (χ0v) is 21.8. The number of amides is 2. The first-order valence-corrected chi connectivity index (χ1v) is 12.5. The zero-order chi connectivity index (χ0) is 25.7. The van der Waals surface area contributed by atoms with Crippen LogP contribution in [0.3, 0.4) is 0 Å². The Hall–Kier alpha value is -3.38. The van der Waals surface area contributed by atoms with Crippen molar-refractivity contribution in [2.45, 2.75) is 46.0 Å². The van der Waals surface area contributed by atoms with Crippen LogP contribution in [0, 0.1) is 20.8 Å². The van der Waals surface area contributed by atoms with Gasteiger partial charge >= 0.3 is 5.97 Å². The van der Waals surface area contributed by atoms with Gasteiger partial charge in [-0.05, 0) is 56.5 Å². The van der Waals surface area contributed by atoms with Crippen molar-refractivity contribution in [2.75, 3.05) is 18.2 Å². The summed E-state index contributed by atoms with van der Waals surface area (Å²) in [6, 6.07) is 5.89. The first-order chi connectivity index (χ1) is 16.7. The highest BCUT2D eigenvalue weighted by atomic mass is 32.2. The van der Waals surface area contributed by atoms with Crippen LogP contribution in [0.4, 0.5) is 5.00 Å².